The van der Waals surface area contributed by atoms with Gasteiger partial charge in [-0.3, -0.25) is 9.59 Å². The Hall–Kier alpha value is -1.29. The van der Waals surface area contributed by atoms with E-state index in [1.165, 1.54) is 11.8 Å². The van der Waals surface area contributed by atoms with E-state index in [0.29, 0.717) is 11.7 Å². The molecule has 2 atom stereocenters. The van der Waals surface area contributed by atoms with E-state index < -0.39 is 0 Å². The maximum atomic E-state index is 12.2. The molecule has 1 aliphatic rings. The number of imide groups is 1. The zero-order chi connectivity index (χ0) is 13.3. The number of amides is 2. The summed E-state index contributed by atoms with van der Waals surface area (Å²) < 4.78 is 0. The highest BCUT2D eigenvalue weighted by molar-refractivity contribution is 8.00. The Kier molecular flexibility index (Phi) is 3.76. The number of benzene rings is 1. The van der Waals surface area contributed by atoms with Gasteiger partial charge in [0.05, 0.1) is 5.69 Å². The van der Waals surface area contributed by atoms with Gasteiger partial charge in [0, 0.05) is 23.5 Å². The summed E-state index contributed by atoms with van der Waals surface area (Å²) in [5.74, 6) is -0.0536. The number of carbonyl (C=O) groups is 2. The number of nitrogens with zero attached hydrogens (tertiary/aromatic N) is 1. The topological polar surface area (TPSA) is 37.4 Å². The third-order valence-corrected chi connectivity index (χ3v) is 4.72. The van der Waals surface area contributed by atoms with E-state index >= 15 is 0 Å². The molecule has 0 saturated heterocycles. The van der Waals surface area contributed by atoms with Gasteiger partial charge in [0.15, 0.2) is 0 Å². The van der Waals surface area contributed by atoms with Crippen molar-refractivity contribution in [2.24, 2.45) is 5.92 Å². The summed E-state index contributed by atoms with van der Waals surface area (Å²) in [5.41, 5.74) is 0.721. The lowest BCUT2D eigenvalue weighted by atomic mass is 10.0. The van der Waals surface area contributed by atoms with Crippen LogP contribution in [0.3, 0.4) is 0 Å². The molecule has 0 aromatic heterocycles. The highest BCUT2D eigenvalue weighted by Gasteiger charge is 2.29. The summed E-state index contributed by atoms with van der Waals surface area (Å²) in [7, 11) is 0. The first-order valence-corrected chi connectivity index (χ1v) is 6.98. The van der Waals surface area contributed by atoms with Crippen molar-refractivity contribution in [2.45, 2.75) is 37.3 Å². The molecule has 96 valence electrons. The number of anilines is 1. The smallest absolute Gasteiger partial charge is 0.234 e. The van der Waals surface area contributed by atoms with Crippen LogP contribution in [0.1, 0.15) is 27.2 Å². The summed E-state index contributed by atoms with van der Waals surface area (Å²) >= 11 is 1.73. The zero-order valence-corrected chi connectivity index (χ0v) is 11.7. The zero-order valence-electron chi connectivity index (χ0n) is 10.8. The number of para-hydroxylation sites is 1. The highest BCUT2D eigenvalue weighted by Crippen LogP contribution is 2.38. The number of hydrogen-bond donors (Lipinski definition) is 0. The summed E-state index contributed by atoms with van der Waals surface area (Å²) in [5, 5.41) is 0.365. The lowest BCUT2D eigenvalue weighted by molar-refractivity contribution is -0.126. The van der Waals surface area contributed by atoms with Gasteiger partial charge in [-0.05, 0) is 18.1 Å². The van der Waals surface area contributed by atoms with Gasteiger partial charge >= 0.3 is 0 Å². The van der Waals surface area contributed by atoms with Gasteiger partial charge in [0.25, 0.3) is 0 Å². The van der Waals surface area contributed by atoms with Gasteiger partial charge in [0.2, 0.25) is 11.8 Å². The molecule has 0 radical (unpaired) electrons. The summed E-state index contributed by atoms with van der Waals surface area (Å²) in [6.45, 7) is 5.62. The molecule has 0 fully saturated rings. The van der Waals surface area contributed by atoms with Crippen molar-refractivity contribution in [1.82, 2.24) is 0 Å². The fourth-order valence-electron chi connectivity index (χ4n) is 2.07. The van der Waals surface area contributed by atoms with Crippen LogP contribution in [0.5, 0.6) is 0 Å². The molecule has 4 heteroatoms. The predicted molar refractivity (Wildman–Crippen MR) is 73.7 cm³/mol. The second kappa shape index (κ2) is 5.14. The highest BCUT2D eigenvalue weighted by atomic mass is 32.2. The van der Waals surface area contributed by atoms with Gasteiger partial charge in [-0.25, -0.2) is 4.90 Å². The standard InChI is InChI=1S/C14H17NO2S/c1-9-8-14(17)15(11(3)16)12-6-4-5-7-13(12)18-10(9)2/h4-7,9-10H,8H2,1-3H3. The Labute approximate surface area is 112 Å². The van der Waals surface area contributed by atoms with E-state index in [2.05, 4.69) is 13.8 Å². The van der Waals surface area contributed by atoms with Crippen LogP contribution in [-0.4, -0.2) is 17.1 Å². The lowest BCUT2D eigenvalue weighted by Gasteiger charge is -2.29. The minimum atomic E-state index is -0.213. The molecule has 0 spiro atoms. The van der Waals surface area contributed by atoms with E-state index in [9.17, 15) is 9.59 Å². The van der Waals surface area contributed by atoms with Crippen LogP contribution in [0.15, 0.2) is 29.2 Å². The van der Waals surface area contributed by atoms with Crippen molar-refractivity contribution in [2.75, 3.05) is 4.90 Å². The largest absolute Gasteiger partial charge is 0.274 e. The van der Waals surface area contributed by atoms with Crippen LogP contribution < -0.4 is 4.90 Å². The first kappa shape index (κ1) is 13.1. The molecular formula is C14H17NO2S. The molecule has 0 saturated carbocycles. The van der Waals surface area contributed by atoms with Crippen molar-refractivity contribution >= 4 is 29.3 Å². The van der Waals surface area contributed by atoms with Crippen molar-refractivity contribution in [3.8, 4) is 0 Å². The maximum Gasteiger partial charge on any atom is 0.234 e. The quantitative estimate of drug-likeness (QED) is 0.722. The normalized spacial score (nSPS) is 24.2. The van der Waals surface area contributed by atoms with Gasteiger partial charge < -0.3 is 0 Å². The third kappa shape index (κ3) is 2.43. The molecule has 2 amide bonds. The van der Waals surface area contributed by atoms with Crippen molar-refractivity contribution in [3.05, 3.63) is 24.3 Å². The average Bonchev–Trinajstić information content (AvgIpc) is 2.29. The Morgan fingerprint density at radius 1 is 1.33 bits per heavy atom. The Morgan fingerprint density at radius 2 is 2.00 bits per heavy atom. The van der Waals surface area contributed by atoms with Gasteiger partial charge in [0.1, 0.15) is 0 Å². The first-order valence-electron chi connectivity index (χ1n) is 6.10. The second-order valence-electron chi connectivity index (χ2n) is 4.72. The van der Waals surface area contributed by atoms with Crippen LogP contribution in [0, 0.1) is 5.92 Å². The van der Waals surface area contributed by atoms with Gasteiger partial charge in [-0.1, -0.05) is 26.0 Å². The van der Waals surface area contributed by atoms with Crippen molar-refractivity contribution in [1.29, 1.82) is 0 Å². The summed E-state index contributed by atoms with van der Waals surface area (Å²) in [6, 6.07) is 7.61. The first-order chi connectivity index (χ1) is 8.50. The lowest BCUT2D eigenvalue weighted by Crippen LogP contribution is -2.38. The monoisotopic (exact) mass is 263 g/mol. The third-order valence-electron chi connectivity index (χ3n) is 3.28. The molecule has 0 aliphatic carbocycles. The van der Waals surface area contributed by atoms with E-state index in [1.807, 2.05) is 24.3 Å². The van der Waals surface area contributed by atoms with Gasteiger partial charge in [-0.2, -0.15) is 0 Å². The predicted octanol–water partition coefficient (Wildman–Crippen LogP) is 3.09. The fraction of sp³-hybridized carbons (Fsp3) is 0.429. The fourth-order valence-corrected chi connectivity index (χ4v) is 3.24. The minimum absolute atomic E-state index is 0.102. The maximum absolute atomic E-state index is 12.2. The molecule has 1 heterocycles. The van der Waals surface area contributed by atoms with E-state index in [4.69, 9.17) is 0 Å². The Bertz CT molecular complexity index is 486. The minimum Gasteiger partial charge on any atom is -0.274 e. The number of carbonyl (C=O) groups excluding carboxylic acids is 2. The van der Waals surface area contributed by atoms with E-state index in [0.717, 1.165) is 10.6 Å². The molecule has 1 aromatic rings. The van der Waals surface area contributed by atoms with Crippen LogP contribution in [0.25, 0.3) is 0 Å². The molecule has 3 nitrogen and oxygen atoms in total. The molecule has 1 aliphatic heterocycles. The van der Waals surface area contributed by atoms with Crippen LogP contribution >= 0.6 is 11.8 Å². The Morgan fingerprint density at radius 3 is 2.67 bits per heavy atom. The van der Waals surface area contributed by atoms with Crippen molar-refractivity contribution in [3.63, 3.8) is 0 Å². The molecule has 18 heavy (non-hydrogen) atoms. The van der Waals surface area contributed by atoms with Gasteiger partial charge in [-0.15, -0.1) is 11.8 Å². The Balaban J connectivity index is 2.52. The summed E-state index contributed by atoms with van der Waals surface area (Å²) in [6.07, 6.45) is 0.419. The average molecular weight is 263 g/mol. The van der Waals surface area contributed by atoms with E-state index in [1.54, 1.807) is 11.8 Å². The molecule has 0 bridgehead atoms. The number of hydrogen-bond acceptors (Lipinski definition) is 3. The second-order valence-corrected chi connectivity index (χ2v) is 6.14. The number of thioether (sulfide) groups is 1. The van der Waals surface area contributed by atoms with Crippen LogP contribution in [0.2, 0.25) is 0 Å². The molecule has 1 aromatic carbocycles. The molecule has 2 unspecified atom stereocenters. The molecular weight excluding hydrogens is 246 g/mol. The van der Waals surface area contributed by atoms with Crippen LogP contribution in [-0.2, 0) is 9.59 Å². The number of rotatable bonds is 0. The summed E-state index contributed by atoms with van der Waals surface area (Å²) in [4.78, 5) is 26.3. The van der Waals surface area contributed by atoms with Crippen LogP contribution in [0.4, 0.5) is 5.69 Å². The molecule has 2 rings (SSSR count). The number of fused-ring (bicyclic) bond motifs is 1. The molecule has 0 N–H and O–H groups in total. The SMILES string of the molecule is CC(=O)N1C(=O)CC(C)C(C)Sc2ccccc21. The van der Waals surface area contributed by atoms with E-state index in [-0.39, 0.29) is 17.7 Å². The van der Waals surface area contributed by atoms with Crippen molar-refractivity contribution < 1.29 is 9.59 Å².